The summed E-state index contributed by atoms with van der Waals surface area (Å²) in [5.74, 6) is 0.644. The average Bonchev–Trinajstić information content (AvgIpc) is 1.68. The minimum absolute atomic E-state index is 0.644. The molecule has 0 aliphatic rings. The Morgan fingerprint density at radius 3 is 2.57 bits per heavy atom. The predicted molar refractivity (Wildman–Crippen MR) is 38.3 cm³/mol. The first kappa shape index (κ1) is 7.51. The zero-order valence-electron chi connectivity index (χ0n) is 4.25. The molecular formula is C5H8BrCl. The summed E-state index contributed by atoms with van der Waals surface area (Å²) in [5.41, 5.74) is 1.22. The van der Waals surface area contributed by atoms with Crippen LogP contribution < -0.4 is 0 Å². The number of hydrogen-bond acceptors (Lipinski definition) is 0. The second-order valence-electron chi connectivity index (χ2n) is 1.34. The molecule has 0 spiro atoms. The van der Waals surface area contributed by atoms with E-state index in [-0.39, 0.29) is 0 Å². The number of alkyl halides is 2. The highest BCUT2D eigenvalue weighted by molar-refractivity contribution is 9.09. The van der Waals surface area contributed by atoms with Gasteiger partial charge in [-0.3, -0.25) is 0 Å². The minimum atomic E-state index is 0.644. The van der Waals surface area contributed by atoms with E-state index < -0.39 is 0 Å². The molecule has 42 valence electrons. The maximum Gasteiger partial charge on any atom is 0.0431 e. The Labute approximate surface area is 57.7 Å². The molecule has 0 fully saturated rings. The topological polar surface area (TPSA) is 0 Å². The van der Waals surface area contributed by atoms with E-state index in [1.807, 2.05) is 13.0 Å². The Hall–Kier alpha value is 0.510. The molecule has 0 radical (unpaired) electrons. The van der Waals surface area contributed by atoms with Crippen molar-refractivity contribution in [2.45, 2.75) is 6.92 Å². The van der Waals surface area contributed by atoms with Crippen LogP contribution in [0.25, 0.3) is 0 Å². The van der Waals surface area contributed by atoms with Crippen LogP contribution in [0.1, 0.15) is 6.92 Å². The second-order valence-corrected chi connectivity index (χ2v) is 2.25. The van der Waals surface area contributed by atoms with E-state index in [4.69, 9.17) is 11.6 Å². The van der Waals surface area contributed by atoms with E-state index in [9.17, 15) is 0 Å². The van der Waals surface area contributed by atoms with Crippen molar-refractivity contribution < 1.29 is 0 Å². The van der Waals surface area contributed by atoms with Crippen molar-refractivity contribution in [1.82, 2.24) is 0 Å². The van der Waals surface area contributed by atoms with Gasteiger partial charge in [-0.25, -0.2) is 0 Å². The number of allylic oxidation sites excluding steroid dienone is 2. The Balaban J connectivity index is 3.29. The van der Waals surface area contributed by atoms with E-state index in [1.165, 1.54) is 5.57 Å². The molecule has 0 aromatic heterocycles. The molecule has 0 rings (SSSR count). The van der Waals surface area contributed by atoms with Gasteiger partial charge in [-0.15, -0.1) is 11.6 Å². The summed E-state index contributed by atoms with van der Waals surface area (Å²) in [6, 6.07) is 0. The first-order valence-corrected chi connectivity index (χ1v) is 3.74. The predicted octanol–water partition coefficient (Wildman–Crippen LogP) is 2.57. The molecule has 0 aromatic rings. The Kier molecular flexibility index (Phi) is 5.00. The standard InChI is InChI=1S/C5H8BrCl/c1-5(4-7)2-3-6/h2H,3-4H2,1H3. The van der Waals surface area contributed by atoms with E-state index in [0.29, 0.717) is 5.88 Å². The molecule has 0 aromatic carbocycles. The third-order valence-electron chi connectivity index (χ3n) is 0.636. The minimum Gasteiger partial charge on any atom is -0.122 e. The van der Waals surface area contributed by atoms with Gasteiger partial charge in [0.1, 0.15) is 0 Å². The fourth-order valence-corrected chi connectivity index (χ4v) is 0.848. The molecule has 2 heteroatoms. The van der Waals surface area contributed by atoms with Gasteiger partial charge in [-0.1, -0.05) is 27.6 Å². The molecule has 0 aliphatic carbocycles. The van der Waals surface area contributed by atoms with E-state index >= 15 is 0 Å². The Bertz CT molecular complexity index is 68.5. The molecule has 0 heterocycles. The van der Waals surface area contributed by atoms with Crippen LogP contribution in [0.2, 0.25) is 0 Å². The van der Waals surface area contributed by atoms with Crippen molar-refractivity contribution in [2.75, 3.05) is 11.2 Å². The van der Waals surface area contributed by atoms with Crippen molar-refractivity contribution in [1.29, 1.82) is 0 Å². The quantitative estimate of drug-likeness (QED) is 0.456. The first-order valence-electron chi connectivity index (χ1n) is 2.08. The molecule has 0 bridgehead atoms. The summed E-state index contributed by atoms with van der Waals surface area (Å²) in [5, 5.41) is 0.908. The molecule has 0 aliphatic heterocycles. The van der Waals surface area contributed by atoms with Gasteiger partial charge in [0.05, 0.1) is 0 Å². The molecule has 0 N–H and O–H groups in total. The average molecular weight is 183 g/mol. The molecule has 0 atom stereocenters. The van der Waals surface area contributed by atoms with Crippen molar-refractivity contribution in [3.05, 3.63) is 11.6 Å². The summed E-state index contributed by atoms with van der Waals surface area (Å²) in [6.45, 7) is 2.01. The number of halogens is 2. The van der Waals surface area contributed by atoms with Gasteiger partial charge in [0.2, 0.25) is 0 Å². The van der Waals surface area contributed by atoms with Crippen molar-refractivity contribution >= 4 is 27.5 Å². The number of rotatable bonds is 2. The Morgan fingerprint density at radius 2 is 2.43 bits per heavy atom. The highest BCUT2D eigenvalue weighted by atomic mass is 79.9. The van der Waals surface area contributed by atoms with Gasteiger partial charge < -0.3 is 0 Å². The lowest BCUT2D eigenvalue weighted by Crippen LogP contribution is -1.74. The van der Waals surface area contributed by atoms with Crippen molar-refractivity contribution in [2.24, 2.45) is 0 Å². The fourth-order valence-electron chi connectivity index (χ4n) is 0.186. The van der Waals surface area contributed by atoms with Gasteiger partial charge >= 0.3 is 0 Å². The maximum absolute atomic E-state index is 5.44. The summed E-state index contributed by atoms with van der Waals surface area (Å²) < 4.78 is 0. The molecule has 0 saturated carbocycles. The van der Waals surface area contributed by atoms with Gasteiger partial charge in [-0.05, 0) is 6.92 Å². The molecule has 0 unspecified atom stereocenters. The van der Waals surface area contributed by atoms with E-state index in [2.05, 4.69) is 15.9 Å². The van der Waals surface area contributed by atoms with Crippen molar-refractivity contribution in [3.8, 4) is 0 Å². The lowest BCUT2D eigenvalue weighted by molar-refractivity contribution is 1.38. The van der Waals surface area contributed by atoms with E-state index in [1.54, 1.807) is 0 Å². The Morgan fingerprint density at radius 1 is 1.86 bits per heavy atom. The van der Waals surface area contributed by atoms with Crippen LogP contribution in [0.3, 0.4) is 0 Å². The largest absolute Gasteiger partial charge is 0.122 e. The van der Waals surface area contributed by atoms with Gasteiger partial charge in [0, 0.05) is 11.2 Å². The third kappa shape index (κ3) is 4.36. The molecule has 7 heavy (non-hydrogen) atoms. The fraction of sp³-hybridized carbons (Fsp3) is 0.600. The van der Waals surface area contributed by atoms with Crippen molar-refractivity contribution in [3.63, 3.8) is 0 Å². The van der Waals surface area contributed by atoms with E-state index in [0.717, 1.165) is 5.33 Å². The lowest BCUT2D eigenvalue weighted by atomic mass is 10.3. The zero-order chi connectivity index (χ0) is 5.70. The lowest BCUT2D eigenvalue weighted by Gasteiger charge is -1.86. The summed E-state index contributed by atoms with van der Waals surface area (Å²) in [6.07, 6.45) is 2.05. The highest BCUT2D eigenvalue weighted by Gasteiger charge is 1.79. The molecular weight excluding hydrogens is 175 g/mol. The normalized spacial score (nSPS) is 12.1. The van der Waals surface area contributed by atoms with Crippen LogP contribution in [0.15, 0.2) is 11.6 Å². The first-order chi connectivity index (χ1) is 3.31. The SMILES string of the molecule is CC(=CCBr)CCl. The zero-order valence-corrected chi connectivity index (χ0v) is 6.59. The van der Waals surface area contributed by atoms with Gasteiger partial charge in [0.15, 0.2) is 0 Å². The summed E-state index contributed by atoms with van der Waals surface area (Å²) >= 11 is 8.70. The number of hydrogen-bond donors (Lipinski definition) is 0. The summed E-state index contributed by atoms with van der Waals surface area (Å²) in [7, 11) is 0. The molecule has 0 amide bonds. The smallest absolute Gasteiger partial charge is 0.0431 e. The molecule has 0 nitrogen and oxygen atoms in total. The monoisotopic (exact) mass is 182 g/mol. The van der Waals surface area contributed by atoms with Gasteiger partial charge in [0.25, 0.3) is 0 Å². The summed E-state index contributed by atoms with van der Waals surface area (Å²) in [4.78, 5) is 0. The van der Waals surface area contributed by atoms with Crippen LogP contribution >= 0.6 is 27.5 Å². The van der Waals surface area contributed by atoms with Crippen LogP contribution in [-0.4, -0.2) is 11.2 Å². The third-order valence-corrected chi connectivity index (χ3v) is 1.38. The van der Waals surface area contributed by atoms with Crippen LogP contribution in [-0.2, 0) is 0 Å². The molecule has 0 saturated heterocycles. The highest BCUT2D eigenvalue weighted by Crippen LogP contribution is 1.95. The van der Waals surface area contributed by atoms with Crippen LogP contribution in [0.5, 0.6) is 0 Å². The van der Waals surface area contributed by atoms with Crippen LogP contribution in [0, 0.1) is 0 Å². The maximum atomic E-state index is 5.44. The van der Waals surface area contributed by atoms with Gasteiger partial charge in [-0.2, -0.15) is 0 Å². The second kappa shape index (κ2) is 4.66. The van der Waals surface area contributed by atoms with Crippen LogP contribution in [0.4, 0.5) is 0 Å².